The molecule has 2 aromatic carbocycles. The molecule has 1 aromatic heterocycles. The summed E-state index contributed by atoms with van der Waals surface area (Å²) >= 11 is 1.44. The first-order valence-corrected chi connectivity index (χ1v) is 11.7. The van der Waals surface area contributed by atoms with E-state index >= 15 is 0 Å². The van der Waals surface area contributed by atoms with Crippen LogP contribution in [0.4, 0.5) is 0 Å². The van der Waals surface area contributed by atoms with Crippen molar-refractivity contribution in [2.75, 3.05) is 40.4 Å². The Labute approximate surface area is 193 Å². The molecule has 0 radical (unpaired) electrons. The third-order valence-corrected chi connectivity index (χ3v) is 6.94. The molecule has 4 rings (SSSR count). The zero-order valence-corrected chi connectivity index (χ0v) is 19.7. The van der Waals surface area contributed by atoms with Gasteiger partial charge < -0.3 is 14.4 Å². The van der Waals surface area contributed by atoms with Crippen molar-refractivity contribution in [2.24, 2.45) is 0 Å². The second-order valence-electron chi connectivity index (χ2n) is 7.91. The molecule has 0 aliphatic carbocycles. The molecular weight excluding hydrogens is 422 g/mol. The predicted molar refractivity (Wildman–Crippen MR) is 128 cm³/mol. The molecule has 3 aromatic rings. The van der Waals surface area contributed by atoms with Crippen molar-refractivity contribution in [1.29, 1.82) is 0 Å². The molecular formula is C25H29N3O3S. The SMILES string of the molecule is COc1ccc(-c2nc(C)c(C(=O)N3CCCN(Cc4ccccc4)CC3)s2)cc1OC. The van der Waals surface area contributed by atoms with E-state index in [4.69, 9.17) is 9.47 Å². The maximum Gasteiger partial charge on any atom is 0.265 e. The van der Waals surface area contributed by atoms with Gasteiger partial charge in [-0.15, -0.1) is 11.3 Å². The molecule has 0 spiro atoms. The standard InChI is InChI=1S/C25H29N3O3S/c1-18-23(32-24(26-18)20-10-11-21(30-2)22(16-20)31-3)25(29)28-13-7-12-27(14-15-28)17-19-8-5-4-6-9-19/h4-6,8-11,16H,7,12-15,17H2,1-3H3. The maximum absolute atomic E-state index is 13.3. The number of nitrogens with zero attached hydrogens (tertiary/aromatic N) is 3. The Morgan fingerprint density at radius 2 is 1.78 bits per heavy atom. The van der Waals surface area contributed by atoms with Crippen LogP contribution in [0.1, 0.15) is 27.3 Å². The molecule has 168 valence electrons. The van der Waals surface area contributed by atoms with Gasteiger partial charge in [0.1, 0.15) is 9.88 Å². The zero-order valence-electron chi connectivity index (χ0n) is 18.8. The molecule has 1 saturated heterocycles. The van der Waals surface area contributed by atoms with E-state index in [9.17, 15) is 4.79 Å². The number of benzene rings is 2. The lowest BCUT2D eigenvalue weighted by Gasteiger charge is -2.21. The average molecular weight is 452 g/mol. The van der Waals surface area contributed by atoms with Gasteiger partial charge in [0.05, 0.1) is 19.9 Å². The van der Waals surface area contributed by atoms with E-state index in [2.05, 4.69) is 34.1 Å². The first-order valence-electron chi connectivity index (χ1n) is 10.8. The number of rotatable bonds is 6. The van der Waals surface area contributed by atoms with Gasteiger partial charge >= 0.3 is 0 Å². The third-order valence-electron chi connectivity index (χ3n) is 5.75. The number of ether oxygens (including phenoxy) is 2. The topological polar surface area (TPSA) is 54.9 Å². The van der Waals surface area contributed by atoms with Crippen LogP contribution in [-0.4, -0.2) is 61.1 Å². The Bertz CT molecular complexity index is 1070. The van der Waals surface area contributed by atoms with E-state index in [-0.39, 0.29) is 5.91 Å². The van der Waals surface area contributed by atoms with E-state index in [1.165, 1.54) is 16.9 Å². The minimum absolute atomic E-state index is 0.0771. The number of amides is 1. The molecule has 0 bridgehead atoms. The Balaban J connectivity index is 1.46. The number of hydrogen-bond donors (Lipinski definition) is 0. The highest BCUT2D eigenvalue weighted by Crippen LogP contribution is 2.35. The fraction of sp³-hybridized carbons (Fsp3) is 0.360. The average Bonchev–Trinajstić information content (AvgIpc) is 3.06. The molecule has 1 aliphatic rings. The summed E-state index contributed by atoms with van der Waals surface area (Å²) in [7, 11) is 3.23. The number of methoxy groups -OCH3 is 2. The summed E-state index contributed by atoms with van der Waals surface area (Å²) in [6.07, 6.45) is 0.971. The number of hydrogen-bond acceptors (Lipinski definition) is 6. The van der Waals surface area contributed by atoms with E-state index in [0.29, 0.717) is 16.4 Å². The lowest BCUT2D eigenvalue weighted by atomic mass is 10.2. The van der Waals surface area contributed by atoms with E-state index in [1.807, 2.05) is 36.1 Å². The third kappa shape index (κ3) is 4.95. The van der Waals surface area contributed by atoms with Crippen LogP contribution in [0.3, 0.4) is 0 Å². The van der Waals surface area contributed by atoms with E-state index in [0.717, 1.165) is 55.4 Å². The van der Waals surface area contributed by atoms with E-state index < -0.39 is 0 Å². The van der Waals surface area contributed by atoms with Crippen LogP contribution in [0.2, 0.25) is 0 Å². The summed E-state index contributed by atoms with van der Waals surface area (Å²) in [6.45, 7) is 6.21. The second kappa shape index (κ2) is 10.1. The molecule has 32 heavy (non-hydrogen) atoms. The quantitative estimate of drug-likeness (QED) is 0.553. The summed E-state index contributed by atoms with van der Waals surface area (Å²) in [6, 6.07) is 16.2. The van der Waals surface area contributed by atoms with Crippen molar-refractivity contribution in [3.63, 3.8) is 0 Å². The van der Waals surface area contributed by atoms with Gasteiger partial charge in [0, 0.05) is 38.3 Å². The van der Waals surface area contributed by atoms with Crippen molar-refractivity contribution in [3.05, 3.63) is 64.7 Å². The molecule has 0 saturated carbocycles. The molecule has 7 heteroatoms. The summed E-state index contributed by atoms with van der Waals surface area (Å²) in [4.78, 5) is 23.1. The Morgan fingerprint density at radius 1 is 1.00 bits per heavy atom. The Morgan fingerprint density at radius 3 is 2.53 bits per heavy atom. The summed E-state index contributed by atoms with van der Waals surface area (Å²) in [5, 5.41) is 0.812. The number of aromatic nitrogens is 1. The van der Waals surface area contributed by atoms with Crippen molar-refractivity contribution >= 4 is 17.2 Å². The Hall–Kier alpha value is -2.90. The van der Waals surface area contributed by atoms with Crippen LogP contribution in [0.15, 0.2) is 48.5 Å². The zero-order chi connectivity index (χ0) is 22.5. The van der Waals surface area contributed by atoms with Gasteiger partial charge in [-0.25, -0.2) is 4.98 Å². The fourth-order valence-corrected chi connectivity index (χ4v) is 5.04. The van der Waals surface area contributed by atoms with E-state index in [1.54, 1.807) is 14.2 Å². The molecule has 1 fully saturated rings. The predicted octanol–water partition coefficient (Wildman–Crippen LogP) is 4.48. The van der Waals surface area contributed by atoms with Gasteiger partial charge in [-0.05, 0) is 37.1 Å². The normalized spacial score (nSPS) is 14.8. The summed E-state index contributed by atoms with van der Waals surface area (Å²) in [5.74, 6) is 1.40. The van der Waals surface area contributed by atoms with Crippen LogP contribution >= 0.6 is 11.3 Å². The molecule has 1 amide bonds. The molecule has 2 heterocycles. The van der Waals surface area contributed by atoms with Crippen LogP contribution in [0, 0.1) is 6.92 Å². The summed E-state index contributed by atoms with van der Waals surface area (Å²) < 4.78 is 10.7. The van der Waals surface area contributed by atoms with Gasteiger partial charge in [-0.3, -0.25) is 9.69 Å². The molecule has 0 N–H and O–H groups in total. The molecule has 0 atom stereocenters. The number of carbonyl (C=O) groups excluding carboxylic acids is 1. The largest absolute Gasteiger partial charge is 0.493 e. The van der Waals surface area contributed by atoms with Gasteiger partial charge in [0.25, 0.3) is 5.91 Å². The van der Waals surface area contributed by atoms with Crippen LogP contribution < -0.4 is 9.47 Å². The van der Waals surface area contributed by atoms with Gasteiger partial charge in [0.2, 0.25) is 0 Å². The number of thiazole rings is 1. The van der Waals surface area contributed by atoms with Crippen molar-refractivity contribution in [2.45, 2.75) is 19.9 Å². The first-order chi connectivity index (χ1) is 15.6. The van der Waals surface area contributed by atoms with Gasteiger partial charge in [-0.1, -0.05) is 30.3 Å². The highest BCUT2D eigenvalue weighted by atomic mass is 32.1. The van der Waals surface area contributed by atoms with Crippen molar-refractivity contribution in [1.82, 2.24) is 14.8 Å². The minimum atomic E-state index is 0.0771. The molecule has 1 aliphatic heterocycles. The minimum Gasteiger partial charge on any atom is -0.493 e. The molecule has 0 unspecified atom stereocenters. The number of carbonyl (C=O) groups is 1. The number of aryl methyl sites for hydroxylation is 1. The highest BCUT2D eigenvalue weighted by molar-refractivity contribution is 7.17. The Kier molecular flexibility index (Phi) is 7.07. The monoisotopic (exact) mass is 451 g/mol. The lowest BCUT2D eigenvalue weighted by molar-refractivity contribution is 0.0765. The smallest absolute Gasteiger partial charge is 0.265 e. The fourth-order valence-electron chi connectivity index (χ4n) is 4.00. The molecule has 6 nitrogen and oxygen atoms in total. The van der Waals surface area contributed by atoms with Crippen LogP contribution in [0.25, 0.3) is 10.6 Å². The van der Waals surface area contributed by atoms with Crippen LogP contribution in [0.5, 0.6) is 11.5 Å². The lowest BCUT2D eigenvalue weighted by Crippen LogP contribution is -2.35. The second-order valence-corrected chi connectivity index (χ2v) is 8.91. The first kappa shape index (κ1) is 22.3. The maximum atomic E-state index is 13.3. The van der Waals surface area contributed by atoms with Crippen LogP contribution in [-0.2, 0) is 6.54 Å². The van der Waals surface area contributed by atoms with Gasteiger partial charge in [0.15, 0.2) is 11.5 Å². The van der Waals surface area contributed by atoms with Crippen molar-refractivity contribution < 1.29 is 14.3 Å². The summed E-state index contributed by atoms with van der Waals surface area (Å²) in [5.41, 5.74) is 3.00. The highest BCUT2D eigenvalue weighted by Gasteiger charge is 2.24. The van der Waals surface area contributed by atoms with Crippen molar-refractivity contribution in [3.8, 4) is 22.1 Å². The van der Waals surface area contributed by atoms with Gasteiger partial charge in [-0.2, -0.15) is 0 Å².